The van der Waals surface area contributed by atoms with Gasteiger partial charge in [-0.15, -0.1) is 0 Å². The van der Waals surface area contributed by atoms with Crippen LogP contribution < -0.4 is 26.2 Å². The van der Waals surface area contributed by atoms with Gasteiger partial charge in [0.25, 0.3) is 94.5 Å². The van der Waals surface area contributed by atoms with Crippen molar-refractivity contribution in [3.8, 4) is 22.3 Å². The number of allylic oxidation sites excluding steroid dienone is 6. The zero-order valence-corrected chi connectivity index (χ0v) is 62.3. The predicted molar refractivity (Wildman–Crippen MR) is 386 cm³/mol. The minimum atomic E-state index is -5.22. The van der Waals surface area contributed by atoms with Crippen molar-refractivity contribution < 1.29 is 124 Å². The molecule has 4 amide bonds. The number of hydrogen-bond donors (Lipinski definition) is 12. The van der Waals surface area contributed by atoms with Crippen LogP contribution in [0.4, 0.5) is 11.4 Å². The van der Waals surface area contributed by atoms with Gasteiger partial charge in [0.2, 0.25) is 5.69 Å². The number of anilines is 1. The third-order valence-electron chi connectivity index (χ3n) is 17.0. The van der Waals surface area contributed by atoms with E-state index in [1.807, 2.05) is 13.8 Å². The highest BCUT2D eigenvalue weighted by molar-refractivity contribution is 7.87. The van der Waals surface area contributed by atoms with Crippen LogP contribution >= 0.6 is 0 Å². The molecule has 0 atom stereocenters. The second-order valence-corrected chi connectivity index (χ2v) is 36.1. The Labute approximate surface area is 609 Å². The second kappa shape index (κ2) is 31.9. The molecule has 2 aromatic heterocycles. The highest BCUT2D eigenvalue weighted by Crippen LogP contribution is 2.53. The summed E-state index contributed by atoms with van der Waals surface area (Å²) < 4.78 is 241. The van der Waals surface area contributed by atoms with E-state index in [9.17, 15) is 120 Å². The van der Waals surface area contributed by atoms with Gasteiger partial charge in [-0.2, -0.15) is 63.5 Å². The van der Waals surface area contributed by atoms with Crippen molar-refractivity contribution in [3.05, 3.63) is 143 Å². The molecule has 0 aliphatic carbocycles. The number of benzene rings is 4. The van der Waals surface area contributed by atoms with E-state index in [0.29, 0.717) is 41.1 Å². The number of carbonyl (C=O) groups excluding carboxylic acids is 4. The number of pyridine rings is 2. The summed E-state index contributed by atoms with van der Waals surface area (Å²) in [6, 6.07) is 15.6. The first-order chi connectivity index (χ1) is 48.9. The predicted octanol–water partition coefficient (Wildman–Crippen LogP) is 4.17. The summed E-state index contributed by atoms with van der Waals surface area (Å²) in [7, 11) is -33.2. The minimum Gasteiger partial charge on any atom is -0.481 e. The molecule has 12 N–H and O–H groups in total. The first-order valence-corrected chi connectivity index (χ1v) is 42.7. The van der Waals surface area contributed by atoms with Gasteiger partial charge in [-0.1, -0.05) is 62.8 Å². The fourth-order valence-electron chi connectivity index (χ4n) is 12.4. The lowest BCUT2D eigenvalue weighted by Gasteiger charge is -2.27. The maximum Gasteiger partial charge on any atom is 0.303 e. The number of fused-ring (bicyclic) bond motifs is 6. The van der Waals surface area contributed by atoms with Crippen LogP contribution in [0.15, 0.2) is 119 Å². The van der Waals surface area contributed by atoms with Gasteiger partial charge in [0.15, 0.2) is 5.71 Å². The Morgan fingerprint density at radius 1 is 0.453 bits per heavy atom. The normalized spacial score (nSPS) is 15.2. The van der Waals surface area contributed by atoms with Crippen LogP contribution in [0.25, 0.3) is 43.8 Å². The second-order valence-electron chi connectivity index (χ2n) is 25.5. The molecule has 4 heterocycles. The van der Waals surface area contributed by atoms with E-state index in [-0.39, 0.29) is 81.8 Å². The van der Waals surface area contributed by atoms with E-state index >= 15 is 0 Å². The summed E-state index contributed by atoms with van der Waals surface area (Å²) in [6.07, 6.45) is 8.80. The Balaban J connectivity index is 1.23. The molecule has 2 aliphatic heterocycles. The van der Waals surface area contributed by atoms with Gasteiger partial charge in [0, 0.05) is 90.8 Å². The highest BCUT2D eigenvalue weighted by atomic mass is 32.2. The third kappa shape index (κ3) is 21.0. The summed E-state index contributed by atoms with van der Waals surface area (Å²) in [5, 5.41) is 18.7. The topological polar surface area (TPSA) is 566 Å². The number of unbranched alkanes of at least 4 members (excludes halogenated alkanes) is 2. The lowest BCUT2D eigenvalue weighted by atomic mass is 9.78. The molecule has 106 heavy (non-hydrogen) atoms. The standard InChI is InChI=1S/C64H72N8O27S7/c1-63(2)54(71(23-10-6-9-14-56(73)74)50-36-52(105(94,95)96)44-30-38(15-17-42(44)57(50)63)40-32-46(59(75)65-19-26-101(82,83)84)69-47(33-40)60(76)66-20-27-102(85,86)87)12-7-5-8-13-55-64(3,4)58-43-18-16-39(31-45(43)53(106(97,98)99)37-51(58)72(55)24-11-25-100(79,80)81)41-34-48(61(77)67-21-28-103(88,89)90)70-49(35-41)62(78)68-22-29-104(91,92)93/h5,7-8,12-13,15-18,30-37H,6,9-11,14,19-29H2,1-4H3,(H11-,65,66,67,68,73,74,75,76,77,78,79,80,81,82,83,84,85,86,87,88,89,90,91,92,93,94,95,96,97,98,99)/p+1. The SMILES string of the molecule is CC1(C)C(/C=C/C=C/C=C2/N(CCCCCC(=O)O)c3cc(S(=O)(=O)O)c4cc(-c5cc(C(=O)NCCS(=O)(=O)O)nc(C(=O)NCCS(=O)(=O)O)c5)ccc4c3C2(C)C)=[N+](CCCS(=O)(=O)O)c2cc(S(=O)(=O)O)c3cc(-c4cc(C(=O)NCCS(=O)(=O)O)nc(C(=O)NCCS(=O)(=O)O)c4)ccc3c21. The molecule has 6 aromatic rings. The zero-order chi connectivity index (χ0) is 78.7. The van der Waals surface area contributed by atoms with Crippen LogP contribution in [-0.4, -0.2) is 214 Å². The maximum absolute atomic E-state index is 13.6. The summed E-state index contributed by atoms with van der Waals surface area (Å²) in [6.45, 7) is 4.64. The first-order valence-electron chi connectivity index (χ1n) is 31.7. The summed E-state index contributed by atoms with van der Waals surface area (Å²) in [4.78, 5) is 73.8. The van der Waals surface area contributed by atoms with Crippen molar-refractivity contribution in [1.82, 2.24) is 31.2 Å². The van der Waals surface area contributed by atoms with Gasteiger partial charge in [-0.25, -0.2) is 9.97 Å². The third-order valence-corrected chi connectivity index (χ3v) is 22.5. The van der Waals surface area contributed by atoms with Crippen molar-refractivity contribution >= 4 is 139 Å². The molecule has 35 nitrogen and oxygen atoms in total. The Kier molecular flexibility index (Phi) is 24.9. The molecular formula is C64H73N8O27S7+. The molecule has 8 rings (SSSR count). The Bertz CT molecular complexity index is 5470. The smallest absolute Gasteiger partial charge is 0.303 e. The fourth-order valence-corrected chi connectivity index (χ4v) is 15.8. The molecule has 0 bridgehead atoms. The average molecular weight is 1610 g/mol. The van der Waals surface area contributed by atoms with Gasteiger partial charge in [0.05, 0.1) is 34.2 Å². The van der Waals surface area contributed by atoms with Crippen LogP contribution in [0.1, 0.15) is 113 Å². The van der Waals surface area contributed by atoms with E-state index in [2.05, 4.69) is 31.2 Å². The summed E-state index contributed by atoms with van der Waals surface area (Å²) in [5.41, 5.74) is -1.74. The van der Waals surface area contributed by atoms with Crippen molar-refractivity contribution in [2.24, 2.45) is 0 Å². The number of rotatable bonds is 33. The fraction of sp³-hybridized carbons (Fsp3) is 0.344. The van der Waals surface area contributed by atoms with Crippen LogP contribution in [0.5, 0.6) is 0 Å². The molecule has 0 radical (unpaired) electrons. The van der Waals surface area contributed by atoms with Gasteiger partial charge < -0.3 is 31.3 Å². The summed E-state index contributed by atoms with van der Waals surface area (Å²) in [5.74, 6) is -9.69. The van der Waals surface area contributed by atoms with Crippen LogP contribution in [0, 0.1) is 0 Å². The monoisotopic (exact) mass is 1610 g/mol. The van der Waals surface area contributed by atoms with Crippen molar-refractivity contribution in [3.63, 3.8) is 0 Å². The lowest BCUT2D eigenvalue weighted by molar-refractivity contribution is -0.437. The molecule has 0 saturated carbocycles. The number of hydrogen-bond acceptors (Lipinski definition) is 22. The summed E-state index contributed by atoms with van der Waals surface area (Å²) >= 11 is 0. The Morgan fingerprint density at radius 2 is 0.858 bits per heavy atom. The largest absolute Gasteiger partial charge is 0.481 e. The van der Waals surface area contributed by atoms with E-state index in [0.717, 1.165) is 30.3 Å². The Hall–Kier alpha value is -8.89. The number of carboxylic acid groups (broad SMARTS) is 1. The number of aromatic nitrogens is 2. The average Bonchev–Trinajstić information content (AvgIpc) is 1.54. The molecule has 0 spiro atoms. The first kappa shape index (κ1) is 82.8. The van der Waals surface area contributed by atoms with Crippen LogP contribution in [0.2, 0.25) is 0 Å². The van der Waals surface area contributed by atoms with E-state index < -0.39 is 199 Å². The number of amides is 4. The van der Waals surface area contributed by atoms with E-state index in [1.165, 1.54) is 42.5 Å². The molecule has 572 valence electrons. The molecule has 42 heteroatoms. The van der Waals surface area contributed by atoms with Crippen molar-refractivity contribution in [2.45, 2.75) is 80.4 Å². The number of nitrogens with one attached hydrogen (secondary N) is 4. The van der Waals surface area contributed by atoms with Crippen molar-refractivity contribution in [1.29, 1.82) is 0 Å². The lowest BCUT2D eigenvalue weighted by Crippen LogP contribution is -2.32. The molecule has 0 saturated heterocycles. The zero-order valence-electron chi connectivity index (χ0n) is 56.6. The maximum atomic E-state index is 13.6. The Morgan fingerprint density at radius 3 is 1.25 bits per heavy atom. The van der Waals surface area contributed by atoms with Gasteiger partial charge >= 0.3 is 5.97 Å². The molecular weight excluding hydrogens is 1540 g/mol. The minimum absolute atomic E-state index is 0.0123. The van der Waals surface area contributed by atoms with Crippen molar-refractivity contribution in [2.75, 3.05) is 72.9 Å². The van der Waals surface area contributed by atoms with Gasteiger partial charge in [-0.05, 0) is 114 Å². The van der Waals surface area contributed by atoms with E-state index in [1.54, 1.807) is 53.7 Å². The highest BCUT2D eigenvalue weighted by Gasteiger charge is 2.47. The number of carboxylic acids is 1. The molecule has 2 aliphatic rings. The van der Waals surface area contributed by atoms with Crippen LogP contribution in [-0.2, 0) is 86.5 Å². The van der Waals surface area contributed by atoms with Crippen LogP contribution in [0.3, 0.4) is 0 Å². The van der Waals surface area contributed by atoms with Gasteiger partial charge in [-0.3, -0.25) is 55.8 Å². The number of carbonyl (C=O) groups is 5. The molecule has 0 unspecified atom stereocenters. The quantitative estimate of drug-likeness (QED) is 0.0119. The van der Waals surface area contributed by atoms with E-state index in [4.69, 9.17) is 0 Å². The van der Waals surface area contributed by atoms with Gasteiger partial charge in [0.1, 0.15) is 39.1 Å². The number of aliphatic carboxylic acids is 1. The molecule has 4 aromatic carbocycles. The molecule has 0 fully saturated rings. The number of nitrogens with zero attached hydrogens (tertiary/aromatic N) is 4.